The average Bonchev–Trinajstić information content (AvgIpc) is 3.13. The van der Waals surface area contributed by atoms with Crippen LogP contribution in [0.25, 0.3) is 10.8 Å². The van der Waals surface area contributed by atoms with Gasteiger partial charge < -0.3 is 25.8 Å². The lowest BCUT2D eigenvalue weighted by Gasteiger charge is -2.35. The maximum absolute atomic E-state index is 14.5. The standard InChI is InChI=1S/C42H58N4O6/c1-8-10-22-37(40(49)45-35(24-28(3)4)38(47)25-32(9-2)39(48)43-26-29(5)6)46(36-23-16-20-33-19-14-15-21-34(33)36)41(50)30(7)44-42(51)52-27-31-17-12-11-13-18-31/h11-21,23,25,28-30,35,37-38,47H,8-10,22,24,26-27H2,1-7H3,(H,43,48)(H,44,51)(H,45,49)/b32-25+/t30-,35-,37-,38-/m0/s1. The minimum atomic E-state index is -1.15. The minimum Gasteiger partial charge on any atom is -0.445 e. The molecule has 4 N–H and O–H groups in total. The Labute approximate surface area is 309 Å². The summed E-state index contributed by atoms with van der Waals surface area (Å²) in [6.07, 6.45) is 2.21. The second-order valence-corrected chi connectivity index (χ2v) is 14.2. The molecule has 0 spiro atoms. The van der Waals surface area contributed by atoms with Gasteiger partial charge in [0.15, 0.2) is 0 Å². The van der Waals surface area contributed by atoms with E-state index in [-0.39, 0.29) is 24.3 Å². The van der Waals surface area contributed by atoms with Gasteiger partial charge in [-0.3, -0.25) is 19.3 Å². The Morgan fingerprint density at radius 2 is 1.52 bits per heavy atom. The maximum Gasteiger partial charge on any atom is 0.408 e. The fourth-order valence-electron chi connectivity index (χ4n) is 6.00. The number of nitrogens with zero attached hydrogens (tertiary/aromatic N) is 1. The molecule has 282 valence electrons. The minimum absolute atomic E-state index is 0.0370. The second-order valence-electron chi connectivity index (χ2n) is 14.2. The van der Waals surface area contributed by atoms with E-state index >= 15 is 0 Å². The molecule has 0 fully saturated rings. The number of ether oxygens (including phenoxy) is 1. The van der Waals surface area contributed by atoms with Gasteiger partial charge in [-0.05, 0) is 61.1 Å². The molecule has 3 aromatic rings. The van der Waals surface area contributed by atoms with E-state index in [1.807, 2.05) is 108 Å². The summed E-state index contributed by atoms with van der Waals surface area (Å²) in [7, 11) is 0. The normalized spacial score (nSPS) is 14.0. The molecule has 52 heavy (non-hydrogen) atoms. The van der Waals surface area contributed by atoms with Crippen LogP contribution in [-0.2, 0) is 25.7 Å². The molecule has 10 nitrogen and oxygen atoms in total. The van der Waals surface area contributed by atoms with Crippen molar-refractivity contribution < 1.29 is 29.0 Å². The molecular weight excluding hydrogens is 656 g/mol. The van der Waals surface area contributed by atoms with Crippen molar-refractivity contribution in [2.45, 2.75) is 111 Å². The molecule has 0 aromatic heterocycles. The van der Waals surface area contributed by atoms with Crippen molar-refractivity contribution in [1.82, 2.24) is 16.0 Å². The number of carbonyl (C=O) groups is 4. The number of aliphatic hydroxyl groups is 1. The van der Waals surface area contributed by atoms with Crippen LogP contribution < -0.4 is 20.9 Å². The molecule has 0 saturated heterocycles. The molecule has 0 radical (unpaired) electrons. The summed E-state index contributed by atoms with van der Waals surface area (Å²) in [6.45, 7) is 14.0. The predicted molar refractivity (Wildman–Crippen MR) is 208 cm³/mol. The molecule has 3 aromatic carbocycles. The predicted octanol–water partition coefficient (Wildman–Crippen LogP) is 7.05. The monoisotopic (exact) mass is 714 g/mol. The van der Waals surface area contributed by atoms with Gasteiger partial charge in [0.2, 0.25) is 17.7 Å². The lowest BCUT2D eigenvalue weighted by molar-refractivity contribution is -0.128. The van der Waals surface area contributed by atoms with Crippen molar-refractivity contribution in [3.8, 4) is 0 Å². The SMILES string of the molecule is CCCC[C@@H](C(=O)N[C@@H](CC(C)C)[C@@H](O)/C=C(\CC)C(=O)NCC(C)C)N(C(=O)[C@H](C)NC(=O)OCc1ccccc1)c1cccc2ccccc12. The van der Waals surface area contributed by atoms with Crippen molar-refractivity contribution in [2.75, 3.05) is 11.4 Å². The molecule has 0 heterocycles. The van der Waals surface area contributed by atoms with Gasteiger partial charge >= 0.3 is 6.09 Å². The Bertz CT molecular complexity index is 1630. The van der Waals surface area contributed by atoms with Gasteiger partial charge in [0, 0.05) is 17.5 Å². The average molecular weight is 715 g/mol. The number of benzene rings is 3. The van der Waals surface area contributed by atoms with Crippen LogP contribution in [0.15, 0.2) is 84.4 Å². The van der Waals surface area contributed by atoms with Crippen LogP contribution in [-0.4, -0.2) is 59.7 Å². The highest BCUT2D eigenvalue weighted by Crippen LogP contribution is 2.31. The fraction of sp³-hybridized carbons (Fsp3) is 0.476. The van der Waals surface area contributed by atoms with Crippen molar-refractivity contribution >= 4 is 40.3 Å². The van der Waals surface area contributed by atoms with Crippen LogP contribution in [0, 0.1) is 11.8 Å². The van der Waals surface area contributed by atoms with Gasteiger partial charge in [-0.25, -0.2) is 4.79 Å². The number of fused-ring (bicyclic) bond motifs is 1. The number of unbranched alkanes of at least 4 members (excludes halogenated alkanes) is 1. The fourth-order valence-corrected chi connectivity index (χ4v) is 6.00. The van der Waals surface area contributed by atoms with Crippen LogP contribution in [0.2, 0.25) is 0 Å². The summed E-state index contributed by atoms with van der Waals surface area (Å²) in [6, 6.07) is 19.7. The number of carbonyl (C=O) groups excluding carboxylic acids is 4. The Balaban J connectivity index is 1.99. The summed E-state index contributed by atoms with van der Waals surface area (Å²) in [5.74, 6) is -0.800. The summed E-state index contributed by atoms with van der Waals surface area (Å²) >= 11 is 0. The van der Waals surface area contributed by atoms with Gasteiger partial charge in [0.25, 0.3) is 0 Å². The van der Waals surface area contributed by atoms with Crippen LogP contribution in [0.1, 0.15) is 86.1 Å². The Kier molecular flexibility index (Phi) is 16.8. The first-order valence-corrected chi connectivity index (χ1v) is 18.6. The van der Waals surface area contributed by atoms with Gasteiger partial charge in [0.1, 0.15) is 18.7 Å². The number of anilines is 1. The Morgan fingerprint density at radius 1 is 0.846 bits per heavy atom. The van der Waals surface area contributed by atoms with E-state index in [1.54, 1.807) is 13.0 Å². The van der Waals surface area contributed by atoms with E-state index in [4.69, 9.17) is 4.74 Å². The molecule has 0 aliphatic heterocycles. The van der Waals surface area contributed by atoms with Crippen molar-refractivity contribution in [1.29, 1.82) is 0 Å². The summed E-state index contributed by atoms with van der Waals surface area (Å²) in [4.78, 5) is 56.4. The zero-order chi connectivity index (χ0) is 38.2. The number of alkyl carbamates (subject to hydrolysis) is 1. The van der Waals surface area contributed by atoms with E-state index < -0.39 is 42.1 Å². The van der Waals surface area contributed by atoms with E-state index in [0.29, 0.717) is 43.5 Å². The zero-order valence-corrected chi connectivity index (χ0v) is 31.9. The van der Waals surface area contributed by atoms with Crippen LogP contribution in [0.5, 0.6) is 0 Å². The lowest BCUT2D eigenvalue weighted by Crippen LogP contribution is -2.58. The second kappa shape index (κ2) is 21.0. The van der Waals surface area contributed by atoms with Crippen LogP contribution >= 0.6 is 0 Å². The highest BCUT2D eigenvalue weighted by molar-refractivity contribution is 6.09. The third-order valence-electron chi connectivity index (χ3n) is 8.81. The molecular formula is C42H58N4O6. The molecule has 0 bridgehead atoms. The largest absolute Gasteiger partial charge is 0.445 e. The first-order chi connectivity index (χ1) is 24.9. The Hall–Kier alpha value is -4.70. The van der Waals surface area contributed by atoms with Crippen LogP contribution in [0.3, 0.4) is 0 Å². The Morgan fingerprint density at radius 3 is 2.17 bits per heavy atom. The third-order valence-corrected chi connectivity index (χ3v) is 8.81. The van der Waals surface area contributed by atoms with Crippen molar-refractivity contribution in [2.24, 2.45) is 11.8 Å². The number of hydrogen-bond acceptors (Lipinski definition) is 6. The molecule has 4 amide bonds. The molecule has 0 aliphatic carbocycles. The summed E-state index contributed by atoms with van der Waals surface area (Å²) < 4.78 is 5.42. The molecule has 3 rings (SSSR count). The highest BCUT2D eigenvalue weighted by Gasteiger charge is 2.36. The third kappa shape index (κ3) is 12.5. The van der Waals surface area contributed by atoms with E-state index in [9.17, 15) is 24.3 Å². The number of amides is 4. The van der Waals surface area contributed by atoms with E-state index in [1.165, 1.54) is 11.0 Å². The first-order valence-electron chi connectivity index (χ1n) is 18.6. The molecule has 4 atom stereocenters. The zero-order valence-electron chi connectivity index (χ0n) is 31.9. The van der Waals surface area contributed by atoms with Gasteiger partial charge in [-0.2, -0.15) is 0 Å². The quantitative estimate of drug-likeness (QED) is 0.0984. The van der Waals surface area contributed by atoms with Crippen molar-refractivity contribution in [3.05, 3.63) is 90.0 Å². The number of aliphatic hydroxyl groups excluding tert-OH is 1. The number of nitrogens with one attached hydrogen (secondary N) is 3. The lowest BCUT2D eigenvalue weighted by atomic mass is 9.95. The molecule has 10 heteroatoms. The first kappa shape index (κ1) is 41.7. The van der Waals surface area contributed by atoms with Gasteiger partial charge in [-0.15, -0.1) is 0 Å². The number of rotatable bonds is 19. The van der Waals surface area contributed by atoms with Crippen molar-refractivity contribution in [3.63, 3.8) is 0 Å². The van der Waals surface area contributed by atoms with Gasteiger partial charge in [-0.1, -0.05) is 121 Å². The number of hydrogen-bond donors (Lipinski definition) is 4. The van der Waals surface area contributed by atoms with Crippen LogP contribution in [0.4, 0.5) is 10.5 Å². The summed E-state index contributed by atoms with van der Waals surface area (Å²) in [5.41, 5.74) is 1.77. The molecule has 0 saturated carbocycles. The topological polar surface area (TPSA) is 137 Å². The van der Waals surface area contributed by atoms with E-state index in [2.05, 4.69) is 16.0 Å². The summed E-state index contributed by atoms with van der Waals surface area (Å²) in [5, 5.41) is 21.8. The smallest absolute Gasteiger partial charge is 0.408 e. The maximum atomic E-state index is 14.5. The molecule has 0 aliphatic rings. The highest BCUT2D eigenvalue weighted by atomic mass is 16.5. The van der Waals surface area contributed by atoms with Gasteiger partial charge in [0.05, 0.1) is 17.8 Å². The molecule has 0 unspecified atom stereocenters. The van der Waals surface area contributed by atoms with E-state index in [0.717, 1.165) is 22.8 Å².